The van der Waals surface area contributed by atoms with Gasteiger partial charge in [-0.05, 0) is 39.7 Å². The number of likely N-dealkylation sites (tertiary alicyclic amines) is 2. The molecule has 0 saturated carbocycles. The fraction of sp³-hybridized carbons (Fsp3) is 0.778. The summed E-state index contributed by atoms with van der Waals surface area (Å²) < 4.78 is 10.5. The van der Waals surface area contributed by atoms with Gasteiger partial charge in [0.25, 0.3) is 0 Å². The van der Waals surface area contributed by atoms with Crippen molar-refractivity contribution in [1.82, 2.24) is 15.0 Å². The molecule has 2 saturated heterocycles. The zero-order chi connectivity index (χ0) is 17.2. The number of ether oxygens (including phenoxy) is 1. The van der Waals surface area contributed by atoms with Gasteiger partial charge in [0.15, 0.2) is 0 Å². The van der Waals surface area contributed by atoms with Crippen molar-refractivity contribution in [2.45, 2.75) is 58.0 Å². The van der Waals surface area contributed by atoms with Crippen LogP contribution in [0.25, 0.3) is 0 Å². The number of nitrogens with zero attached hydrogens (tertiary/aromatic N) is 3. The SMILES string of the molecule is COCCCN1CCCCC12CC(=O)N(Cc1c(C)noc1C)C2. The largest absolute Gasteiger partial charge is 0.385 e. The predicted octanol–water partition coefficient (Wildman–Crippen LogP) is 2.28. The van der Waals surface area contributed by atoms with E-state index in [1.54, 1.807) is 7.11 Å². The molecule has 1 spiro atoms. The highest BCUT2D eigenvalue weighted by Crippen LogP contribution is 2.38. The van der Waals surface area contributed by atoms with Crippen LogP contribution in [0.5, 0.6) is 0 Å². The number of aromatic nitrogens is 1. The topological polar surface area (TPSA) is 58.8 Å². The number of methoxy groups -OCH3 is 1. The van der Waals surface area contributed by atoms with Gasteiger partial charge in [-0.1, -0.05) is 11.6 Å². The van der Waals surface area contributed by atoms with E-state index in [1.807, 2.05) is 18.7 Å². The maximum Gasteiger partial charge on any atom is 0.224 e. The minimum absolute atomic E-state index is 0.0159. The molecular formula is C18H29N3O3. The molecule has 2 aliphatic rings. The van der Waals surface area contributed by atoms with Crippen LogP contribution in [-0.2, 0) is 16.1 Å². The first-order valence-electron chi connectivity index (χ1n) is 8.99. The second-order valence-electron chi connectivity index (χ2n) is 7.24. The molecule has 24 heavy (non-hydrogen) atoms. The molecule has 3 heterocycles. The molecule has 1 atom stereocenters. The highest BCUT2D eigenvalue weighted by Gasteiger charge is 2.48. The first-order valence-corrected chi connectivity index (χ1v) is 8.99. The van der Waals surface area contributed by atoms with Crippen LogP contribution in [0.15, 0.2) is 4.52 Å². The Morgan fingerprint density at radius 3 is 2.88 bits per heavy atom. The Morgan fingerprint density at radius 2 is 2.17 bits per heavy atom. The molecule has 2 fully saturated rings. The van der Waals surface area contributed by atoms with Gasteiger partial charge in [-0.2, -0.15) is 0 Å². The summed E-state index contributed by atoms with van der Waals surface area (Å²) in [6, 6.07) is 0. The quantitative estimate of drug-likeness (QED) is 0.747. The molecule has 0 N–H and O–H groups in total. The Bertz CT molecular complexity index is 567. The van der Waals surface area contributed by atoms with Crippen LogP contribution in [0.3, 0.4) is 0 Å². The van der Waals surface area contributed by atoms with Gasteiger partial charge in [0.05, 0.1) is 12.2 Å². The number of rotatable bonds is 6. The maximum atomic E-state index is 12.7. The molecule has 6 nitrogen and oxygen atoms in total. The summed E-state index contributed by atoms with van der Waals surface area (Å²) in [5, 5.41) is 4.01. The fourth-order valence-electron chi connectivity index (χ4n) is 4.24. The third-order valence-electron chi connectivity index (χ3n) is 5.62. The fourth-order valence-corrected chi connectivity index (χ4v) is 4.24. The van der Waals surface area contributed by atoms with E-state index in [1.165, 1.54) is 12.8 Å². The van der Waals surface area contributed by atoms with Gasteiger partial charge in [0.1, 0.15) is 5.76 Å². The van der Waals surface area contributed by atoms with Gasteiger partial charge < -0.3 is 14.2 Å². The number of piperidine rings is 1. The third kappa shape index (κ3) is 3.35. The summed E-state index contributed by atoms with van der Waals surface area (Å²) in [6.07, 6.45) is 5.23. The lowest BCUT2D eigenvalue weighted by molar-refractivity contribution is -0.128. The zero-order valence-corrected chi connectivity index (χ0v) is 15.1. The first kappa shape index (κ1) is 17.4. The molecule has 1 aromatic rings. The van der Waals surface area contributed by atoms with Gasteiger partial charge in [-0.3, -0.25) is 9.69 Å². The molecular weight excluding hydrogens is 306 g/mol. The first-order chi connectivity index (χ1) is 11.6. The van der Waals surface area contributed by atoms with Crippen molar-refractivity contribution in [3.8, 4) is 0 Å². The van der Waals surface area contributed by atoms with E-state index >= 15 is 0 Å². The lowest BCUT2D eigenvalue weighted by Gasteiger charge is -2.44. The minimum atomic E-state index is 0.0159. The van der Waals surface area contributed by atoms with E-state index in [4.69, 9.17) is 9.26 Å². The molecule has 134 valence electrons. The van der Waals surface area contributed by atoms with E-state index in [0.29, 0.717) is 13.0 Å². The molecule has 0 bridgehead atoms. The second-order valence-corrected chi connectivity index (χ2v) is 7.24. The Labute approximate surface area is 144 Å². The molecule has 3 rings (SSSR count). The smallest absolute Gasteiger partial charge is 0.224 e. The molecule has 6 heteroatoms. The molecule has 0 aromatic carbocycles. The summed E-state index contributed by atoms with van der Waals surface area (Å²) in [5.41, 5.74) is 1.96. The molecule has 1 aromatic heterocycles. The molecule has 0 aliphatic carbocycles. The highest BCUT2D eigenvalue weighted by molar-refractivity contribution is 5.80. The number of amides is 1. The van der Waals surface area contributed by atoms with Crippen molar-refractivity contribution in [2.24, 2.45) is 0 Å². The van der Waals surface area contributed by atoms with Crippen LogP contribution >= 0.6 is 0 Å². The van der Waals surface area contributed by atoms with Crippen molar-refractivity contribution in [1.29, 1.82) is 0 Å². The van der Waals surface area contributed by atoms with Crippen molar-refractivity contribution < 1.29 is 14.1 Å². The average molecular weight is 335 g/mol. The standard InChI is InChI=1S/C18H29N3O3/c1-14-16(15(2)24-19-14)12-20-13-18(11-17(20)22)7-4-5-8-21(18)9-6-10-23-3/h4-13H2,1-3H3. The minimum Gasteiger partial charge on any atom is -0.385 e. The summed E-state index contributed by atoms with van der Waals surface area (Å²) in [7, 11) is 1.75. The molecule has 2 aliphatic heterocycles. The Balaban J connectivity index is 1.71. The second kappa shape index (κ2) is 7.23. The number of hydrogen-bond donors (Lipinski definition) is 0. The van der Waals surface area contributed by atoms with Gasteiger partial charge in [0, 0.05) is 44.3 Å². The van der Waals surface area contributed by atoms with E-state index in [-0.39, 0.29) is 11.4 Å². The summed E-state index contributed by atoms with van der Waals surface area (Å²) in [5.74, 6) is 1.08. The summed E-state index contributed by atoms with van der Waals surface area (Å²) in [4.78, 5) is 17.2. The molecule has 1 amide bonds. The molecule has 0 radical (unpaired) electrons. The Morgan fingerprint density at radius 1 is 1.33 bits per heavy atom. The highest BCUT2D eigenvalue weighted by atomic mass is 16.5. The van der Waals surface area contributed by atoms with Crippen LogP contribution in [-0.4, -0.2) is 59.8 Å². The van der Waals surface area contributed by atoms with Crippen LogP contribution < -0.4 is 0 Å². The monoisotopic (exact) mass is 335 g/mol. The molecule has 1 unspecified atom stereocenters. The number of carbonyl (C=O) groups is 1. The maximum absolute atomic E-state index is 12.7. The van der Waals surface area contributed by atoms with Crippen molar-refractivity contribution in [3.63, 3.8) is 0 Å². The lowest BCUT2D eigenvalue weighted by Crippen LogP contribution is -2.53. The lowest BCUT2D eigenvalue weighted by atomic mass is 9.85. The van der Waals surface area contributed by atoms with E-state index in [2.05, 4.69) is 10.1 Å². The average Bonchev–Trinajstić information content (AvgIpc) is 3.04. The van der Waals surface area contributed by atoms with E-state index in [0.717, 1.165) is 56.1 Å². The number of hydrogen-bond acceptors (Lipinski definition) is 5. The Kier molecular flexibility index (Phi) is 5.25. The number of aryl methyl sites for hydroxylation is 2. The zero-order valence-electron chi connectivity index (χ0n) is 15.1. The van der Waals surface area contributed by atoms with Gasteiger partial charge in [-0.15, -0.1) is 0 Å². The van der Waals surface area contributed by atoms with Crippen molar-refractivity contribution in [3.05, 3.63) is 17.0 Å². The van der Waals surface area contributed by atoms with Crippen LogP contribution in [0.1, 0.15) is 49.1 Å². The van der Waals surface area contributed by atoms with Crippen LogP contribution in [0, 0.1) is 13.8 Å². The van der Waals surface area contributed by atoms with E-state index < -0.39 is 0 Å². The van der Waals surface area contributed by atoms with E-state index in [9.17, 15) is 4.79 Å². The normalized spacial score (nSPS) is 25.1. The van der Waals surface area contributed by atoms with Gasteiger partial charge in [-0.25, -0.2) is 0 Å². The van der Waals surface area contributed by atoms with Crippen LogP contribution in [0.2, 0.25) is 0 Å². The van der Waals surface area contributed by atoms with Crippen molar-refractivity contribution >= 4 is 5.91 Å². The summed E-state index contributed by atoms with van der Waals surface area (Å²) >= 11 is 0. The third-order valence-corrected chi connectivity index (χ3v) is 5.62. The summed E-state index contributed by atoms with van der Waals surface area (Å²) in [6.45, 7) is 8.19. The number of carbonyl (C=O) groups excluding carboxylic acids is 1. The van der Waals surface area contributed by atoms with Gasteiger partial charge >= 0.3 is 0 Å². The van der Waals surface area contributed by atoms with Crippen molar-refractivity contribution in [2.75, 3.05) is 33.4 Å². The van der Waals surface area contributed by atoms with Crippen LogP contribution in [0.4, 0.5) is 0 Å². The predicted molar refractivity (Wildman–Crippen MR) is 90.7 cm³/mol. The Hall–Kier alpha value is -1.40. The van der Waals surface area contributed by atoms with Gasteiger partial charge in [0.2, 0.25) is 5.91 Å².